The third kappa shape index (κ3) is 2.54. The largest absolute Gasteiger partial charge is 0.467 e. The zero-order chi connectivity index (χ0) is 13.9. The maximum Gasteiger partial charge on any atom is 0.224 e. The molecule has 20 heavy (non-hydrogen) atoms. The fraction of sp³-hybridized carbons (Fsp3) is 0.312. The van der Waals surface area contributed by atoms with Crippen LogP contribution < -0.4 is 10.6 Å². The Labute approximate surface area is 118 Å². The summed E-state index contributed by atoms with van der Waals surface area (Å²) in [6, 6.07) is 10.1. The molecule has 0 fully saturated rings. The van der Waals surface area contributed by atoms with E-state index in [0.717, 1.165) is 30.0 Å². The summed E-state index contributed by atoms with van der Waals surface area (Å²) in [4.78, 5) is 11.4. The molecule has 4 heteroatoms. The average molecular weight is 270 g/mol. The van der Waals surface area contributed by atoms with Gasteiger partial charge in [-0.15, -0.1) is 0 Å². The normalized spacial score (nSPS) is 15.3. The molecule has 1 aliphatic rings. The van der Waals surface area contributed by atoms with Crippen LogP contribution in [0.15, 0.2) is 41.0 Å². The highest BCUT2D eigenvalue weighted by molar-refractivity contribution is 5.94. The highest BCUT2D eigenvalue weighted by Gasteiger charge is 2.16. The van der Waals surface area contributed by atoms with Gasteiger partial charge in [-0.2, -0.15) is 0 Å². The van der Waals surface area contributed by atoms with Crippen LogP contribution in [0.2, 0.25) is 0 Å². The first-order chi connectivity index (χ1) is 9.76. The van der Waals surface area contributed by atoms with E-state index in [4.69, 9.17) is 4.42 Å². The Balaban J connectivity index is 1.79. The fourth-order valence-electron chi connectivity index (χ4n) is 2.54. The minimum atomic E-state index is 0.0974. The maximum atomic E-state index is 11.4. The summed E-state index contributed by atoms with van der Waals surface area (Å²) in [6.45, 7) is 2.12. The van der Waals surface area contributed by atoms with E-state index < -0.39 is 0 Å². The third-order valence-corrected chi connectivity index (χ3v) is 3.64. The van der Waals surface area contributed by atoms with Gasteiger partial charge in [0.05, 0.1) is 12.3 Å². The van der Waals surface area contributed by atoms with Crippen molar-refractivity contribution in [2.45, 2.75) is 32.2 Å². The van der Waals surface area contributed by atoms with E-state index in [2.05, 4.69) is 23.6 Å². The standard InChI is InChI=1S/C16H18N2O2/c1-2-13(15-4-3-9-20-15)17-12-6-7-14-11(10-12)5-8-16(19)18-14/h3-4,6-7,9-10,13,17H,2,5,8H2,1H3,(H,18,19). The summed E-state index contributed by atoms with van der Waals surface area (Å²) in [5.74, 6) is 1.04. The van der Waals surface area contributed by atoms with Crippen LogP contribution in [0.4, 0.5) is 11.4 Å². The summed E-state index contributed by atoms with van der Waals surface area (Å²) in [5, 5.41) is 6.38. The SMILES string of the molecule is CCC(Nc1ccc2c(c1)CCC(=O)N2)c1ccco1. The van der Waals surface area contributed by atoms with E-state index in [1.807, 2.05) is 24.3 Å². The molecule has 1 aliphatic heterocycles. The number of hydrogen-bond donors (Lipinski definition) is 2. The number of aryl methyl sites for hydroxylation is 1. The Morgan fingerprint density at radius 1 is 1.35 bits per heavy atom. The molecule has 1 atom stereocenters. The number of furan rings is 1. The number of hydrogen-bond acceptors (Lipinski definition) is 3. The minimum absolute atomic E-state index is 0.0974. The molecule has 0 aliphatic carbocycles. The van der Waals surface area contributed by atoms with Crippen LogP contribution in [0.5, 0.6) is 0 Å². The lowest BCUT2D eigenvalue weighted by Gasteiger charge is -2.20. The van der Waals surface area contributed by atoms with Crippen LogP contribution in [0, 0.1) is 0 Å². The minimum Gasteiger partial charge on any atom is -0.467 e. The van der Waals surface area contributed by atoms with Crippen LogP contribution in [-0.2, 0) is 11.2 Å². The van der Waals surface area contributed by atoms with Crippen molar-refractivity contribution in [3.63, 3.8) is 0 Å². The molecule has 0 spiro atoms. The van der Waals surface area contributed by atoms with Gasteiger partial charge < -0.3 is 15.1 Å². The molecular formula is C16H18N2O2. The van der Waals surface area contributed by atoms with Gasteiger partial charge in [-0.25, -0.2) is 0 Å². The number of carbonyl (C=O) groups is 1. The van der Waals surface area contributed by atoms with Crippen LogP contribution in [-0.4, -0.2) is 5.91 Å². The molecule has 2 N–H and O–H groups in total. The molecule has 1 aromatic heterocycles. The molecule has 0 saturated carbocycles. The lowest BCUT2D eigenvalue weighted by Crippen LogP contribution is -2.19. The second-order valence-corrected chi connectivity index (χ2v) is 5.04. The van der Waals surface area contributed by atoms with Gasteiger partial charge in [0.2, 0.25) is 5.91 Å². The zero-order valence-corrected chi connectivity index (χ0v) is 11.5. The van der Waals surface area contributed by atoms with Gasteiger partial charge in [-0.3, -0.25) is 4.79 Å². The predicted octanol–water partition coefficient (Wildman–Crippen LogP) is 3.73. The van der Waals surface area contributed by atoms with Gasteiger partial charge in [-0.1, -0.05) is 6.92 Å². The number of rotatable bonds is 4. The average Bonchev–Trinajstić information content (AvgIpc) is 2.99. The molecule has 3 rings (SSSR count). The molecule has 2 heterocycles. The van der Waals surface area contributed by atoms with E-state index in [0.29, 0.717) is 6.42 Å². The van der Waals surface area contributed by atoms with E-state index >= 15 is 0 Å². The van der Waals surface area contributed by atoms with Crippen LogP contribution in [0.25, 0.3) is 0 Å². The van der Waals surface area contributed by atoms with E-state index in [1.165, 1.54) is 5.56 Å². The Kier molecular flexibility index (Phi) is 3.46. The Morgan fingerprint density at radius 3 is 3.00 bits per heavy atom. The predicted molar refractivity (Wildman–Crippen MR) is 78.8 cm³/mol. The number of amides is 1. The Morgan fingerprint density at radius 2 is 2.25 bits per heavy atom. The van der Waals surface area contributed by atoms with Crippen LogP contribution in [0.3, 0.4) is 0 Å². The molecule has 2 aromatic rings. The van der Waals surface area contributed by atoms with Crippen molar-refractivity contribution in [1.82, 2.24) is 0 Å². The zero-order valence-electron chi connectivity index (χ0n) is 11.5. The molecule has 104 valence electrons. The van der Waals surface area contributed by atoms with Gasteiger partial charge in [0.25, 0.3) is 0 Å². The van der Waals surface area contributed by atoms with Crippen molar-refractivity contribution in [3.05, 3.63) is 47.9 Å². The summed E-state index contributed by atoms with van der Waals surface area (Å²) in [5.41, 5.74) is 3.17. The van der Waals surface area contributed by atoms with Crippen LogP contribution in [0.1, 0.15) is 37.1 Å². The second-order valence-electron chi connectivity index (χ2n) is 5.04. The van der Waals surface area contributed by atoms with Gasteiger partial charge in [0.15, 0.2) is 0 Å². The van der Waals surface area contributed by atoms with Crippen molar-refractivity contribution < 1.29 is 9.21 Å². The van der Waals surface area contributed by atoms with Gasteiger partial charge >= 0.3 is 0 Å². The topological polar surface area (TPSA) is 54.3 Å². The lowest BCUT2D eigenvalue weighted by atomic mass is 10.0. The van der Waals surface area contributed by atoms with E-state index in [-0.39, 0.29) is 11.9 Å². The Bertz CT molecular complexity index is 605. The summed E-state index contributed by atoms with van der Waals surface area (Å²) >= 11 is 0. The number of benzene rings is 1. The molecule has 0 bridgehead atoms. The molecule has 0 radical (unpaired) electrons. The Hall–Kier alpha value is -2.23. The second kappa shape index (κ2) is 5.41. The molecular weight excluding hydrogens is 252 g/mol. The highest BCUT2D eigenvalue weighted by atomic mass is 16.3. The molecule has 1 aromatic carbocycles. The van der Waals surface area contributed by atoms with Crippen molar-refractivity contribution >= 4 is 17.3 Å². The summed E-state index contributed by atoms with van der Waals surface area (Å²) in [7, 11) is 0. The first-order valence-electron chi connectivity index (χ1n) is 6.99. The molecule has 4 nitrogen and oxygen atoms in total. The van der Waals surface area contributed by atoms with Crippen LogP contribution >= 0.6 is 0 Å². The fourth-order valence-corrected chi connectivity index (χ4v) is 2.54. The summed E-state index contributed by atoms with van der Waals surface area (Å²) in [6.07, 6.45) is 4.00. The van der Waals surface area contributed by atoms with E-state index in [1.54, 1.807) is 6.26 Å². The molecule has 1 unspecified atom stereocenters. The monoisotopic (exact) mass is 270 g/mol. The highest BCUT2D eigenvalue weighted by Crippen LogP contribution is 2.28. The maximum absolute atomic E-state index is 11.4. The third-order valence-electron chi connectivity index (χ3n) is 3.64. The van der Waals surface area contributed by atoms with E-state index in [9.17, 15) is 4.79 Å². The number of carbonyl (C=O) groups excluding carboxylic acids is 1. The van der Waals surface area contributed by atoms with Gasteiger partial charge in [-0.05, 0) is 48.7 Å². The first-order valence-corrected chi connectivity index (χ1v) is 6.99. The lowest BCUT2D eigenvalue weighted by molar-refractivity contribution is -0.116. The van der Waals surface area contributed by atoms with Crippen molar-refractivity contribution in [2.75, 3.05) is 10.6 Å². The van der Waals surface area contributed by atoms with Crippen molar-refractivity contribution in [3.8, 4) is 0 Å². The van der Waals surface area contributed by atoms with Crippen molar-refractivity contribution in [1.29, 1.82) is 0 Å². The number of anilines is 2. The van der Waals surface area contributed by atoms with Gasteiger partial charge in [0, 0.05) is 17.8 Å². The van der Waals surface area contributed by atoms with Crippen molar-refractivity contribution in [2.24, 2.45) is 0 Å². The smallest absolute Gasteiger partial charge is 0.224 e. The first kappa shape index (κ1) is 12.8. The summed E-state index contributed by atoms with van der Waals surface area (Å²) < 4.78 is 5.47. The molecule has 1 amide bonds. The number of fused-ring (bicyclic) bond motifs is 1. The van der Waals surface area contributed by atoms with Gasteiger partial charge in [0.1, 0.15) is 5.76 Å². The number of nitrogens with one attached hydrogen (secondary N) is 2. The quantitative estimate of drug-likeness (QED) is 0.890. The molecule has 0 saturated heterocycles.